The fourth-order valence-corrected chi connectivity index (χ4v) is 6.23. The fraction of sp³-hybridized carbons (Fsp3) is 0.250. The van der Waals surface area contributed by atoms with E-state index in [1.165, 1.54) is 11.8 Å². The standard InChI is InChI=1S/C24H21BrClNO4S2/c1-2-30-23(29)31-19-13-24(16-11-12-32-14-16,15-7-9-17(25)10-8-15)27-22(28)21(19)33-20-6-4-3-5-18(20)26/h3-12,14,19,21H,2,13H2,1H3,(H,27,28). The second kappa shape index (κ2) is 10.5. The maximum atomic E-state index is 13.6. The molecular formula is C24H21BrClNO4S2. The summed E-state index contributed by atoms with van der Waals surface area (Å²) in [6.07, 6.45) is -1.20. The van der Waals surface area contributed by atoms with Crippen molar-refractivity contribution in [1.82, 2.24) is 5.32 Å². The molecule has 3 unspecified atom stereocenters. The molecule has 3 aromatic rings. The Hall–Kier alpha value is -2.00. The van der Waals surface area contributed by atoms with Crippen LogP contribution in [-0.4, -0.2) is 30.0 Å². The summed E-state index contributed by atoms with van der Waals surface area (Å²) in [5, 5.41) is 7.06. The Morgan fingerprint density at radius 2 is 1.97 bits per heavy atom. The monoisotopic (exact) mass is 565 g/mol. The summed E-state index contributed by atoms with van der Waals surface area (Å²) in [6, 6.07) is 17.1. The zero-order valence-electron chi connectivity index (χ0n) is 17.6. The minimum atomic E-state index is -0.855. The van der Waals surface area contributed by atoms with Gasteiger partial charge in [0.25, 0.3) is 0 Å². The first-order valence-corrected chi connectivity index (χ1v) is 13.3. The first-order chi connectivity index (χ1) is 15.9. The van der Waals surface area contributed by atoms with Crippen molar-refractivity contribution in [2.75, 3.05) is 6.61 Å². The molecule has 33 heavy (non-hydrogen) atoms. The maximum absolute atomic E-state index is 13.6. The topological polar surface area (TPSA) is 64.6 Å². The van der Waals surface area contributed by atoms with Gasteiger partial charge in [0.2, 0.25) is 5.91 Å². The van der Waals surface area contributed by atoms with Crippen LogP contribution in [0.4, 0.5) is 4.79 Å². The zero-order chi connectivity index (χ0) is 23.4. The van der Waals surface area contributed by atoms with Crippen molar-refractivity contribution in [1.29, 1.82) is 0 Å². The van der Waals surface area contributed by atoms with Gasteiger partial charge >= 0.3 is 6.16 Å². The molecule has 1 amide bonds. The van der Waals surface area contributed by atoms with Gasteiger partial charge in [-0.15, -0.1) is 11.8 Å². The average Bonchev–Trinajstić information content (AvgIpc) is 3.33. The highest BCUT2D eigenvalue weighted by molar-refractivity contribution is 9.10. The van der Waals surface area contributed by atoms with Gasteiger partial charge in [0.15, 0.2) is 0 Å². The summed E-state index contributed by atoms with van der Waals surface area (Å²) >= 11 is 12.7. The molecule has 1 saturated heterocycles. The third-order valence-electron chi connectivity index (χ3n) is 5.39. The molecule has 0 bridgehead atoms. The molecule has 5 nitrogen and oxygen atoms in total. The van der Waals surface area contributed by atoms with E-state index in [-0.39, 0.29) is 12.5 Å². The number of hydrogen-bond acceptors (Lipinski definition) is 6. The van der Waals surface area contributed by atoms with E-state index in [0.29, 0.717) is 11.4 Å². The number of amides is 1. The van der Waals surface area contributed by atoms with Crippen LogP contribution in [-0.2, 0) is 19.8 Å². The van der Waals surface area contributed by atoms with Crippen LogP contribution in [0.2, 0.25) is 5.02 Å². The third-order valence-corrected chi connectivity index (χ3v) is 8.43. The van der Waals surface area contributed by atoms with Gasteiger partial charge in [0.05, 0.1) is 17.2 Å². The molecule has 1 aliphatic rings. The number of thiophene rings is 1. The highest BCUT2D eigenvalue weighted by atomic mass is 79.9. The number of benzene rings is 2. The van der Waals surface area contributed by atoms with Crippen molar-refractivity contribution in [2.45, 2.75) is 35.1 Å². The third kappa shape index (κ3) is 5.24. The van der Waals surface area contributed by atoms with Crippen LogP contribution >= 0.6 is 50.6 Å². The molecule has 1 N–H and O–H groups in total. The summed E-state index contributed by atoms with van der Waals surface area (Å²) in [4.78, 5) is 26.7. The van der Waals surface area contributed by atoms with Gasteiger partial charge in [0.1, 0.15) is 11.4 Å². The summed E-state index contributed by atoms with van der Waals surface area (Å²) in [5.41, 5.74) is 0.977. The Kier molecular flexibility index (Phi) is 7.69. The Balaban J connectivity index is 1.75. The van der Waals surface area contributed by atoms with Crippen LogP contribution in [0.25, 0.3) is 0 Å². The smallest absolute Gasteiger partial charge is 0.435 e. The number of hydrogen-bond donors (Lipinski definition) is 1. The number of nitrogens with one attached hydrogen (secondary N) is 1. The largest absolute Gasteiger partial charge is 0.508 e. The summed E-state index contributed by atoms with van der Waals surface area (Å²) < 4.78 is 11.7. The molecule has 1 aliphatic heterocycles. The van der Waals surface area contributed by atoms with E-state index in [4.69, 9.17) is 21.1 Å². The maximum Gasteiger partial charge on any atom is 0.508 e. The van der Waals surface area contributed by atoms with E-state index in [9.17, 15) is 9.59 Å². The lowest BCUT2D eigenvalue weighted by Gasteiger charge is -2.44. The predicted molar refractivity (Wildman–Crippen MR) is 135 cm³/mol. The van der Waals surface area contributed by atoms with Crippen molar-refractivity contribution in [2.24, 2.45) is 0 Å². The first kappa shape index (κ1) is 24.1. The van der Waals surface area contributed by atoms with Crippen molar-refractivity contribution < 1.29 is 19.1 Å². The quantitative estimate of drug-likeness (QED) is 0.339. The molecule has 0 saturated carbocycles. The Morgan fingerprint density at radius 1 is 1.21 bits per heavy atom. The Morgan fingerprint density at radius 3 is 2.64 bits per heavy atom. The Labute approximate surface area is 213 Å². The summed E-state index contributed by atoms with van der Waals surface area (Å²) in [5.74, 6) is -0.241. The minimum absolute atomic E-state index is 0.183. The van der Waals surface area contributed by atoms with E-state index in [1.807, 2.05) is 59.3 Å². The highest BCUT2D eigenvalue weighted by Crippen LogP contribution is 2.44. The lowest BCUT2D eigenvalue weighted by atomic mass is 9.76. The molecule has 3 atom stereocenters. The predicted octanol–water partition coefficient (Wildman–Crippen LogP) is 6.63. The van der Waals surface area contributed by atoms with Crippen LogP contribution in [0.3, 0.4) is 0 Å². The van der Waals surface area contributed by atoms with E-state index >= 15 is 0 Å². The number of ether oxygens (including phenoxy) is 2. The molecule has 1 fully saturated rings. The van der Waals surface area contributed by atoms with E-state index in [2.05, 4.69) is 21.2 Å². The first-order valence-electron chi connectivity index (χ1n) is 10.3. The number of rotatable bonds is 6. The Bertz CT molecular complexity index is 1130. The van der Waals surface area contributed by atoms with Crippen LogP contribution in [0, 0.1) is 0 Å². The van der Waals surface area contributed by atoms with Gasteiger partial charge in [-0.3, -0.25) is 4.79 Å². The fourth-order valence-electron chi connectivity index (χ4n) is 3.88. The van der Waals surface area contributed by atoms with E-state index in [0.717, 1.165) is 20.5 Å². The molecule has 0 radical (unpaired) electrons. The molecule has 2 aromatic carbocycles. The van der Waals surface area contributed by atoms with Crippen LogP contribution in [0.15, 0.2) is 74.7 Å². The second-order valence-electron chi connectivity index (χ2n) is 7.43. The molecule has 0 aliphatic carbocycles. The molecule has 9 heteroatoms. The minimum Gasteiger partial charge on any atom is -0.435 e. The molecule has 172 valence electrons. The van der Waals surface area contributed by atoms with Crippen molar-refractivity contribution >= 4 is 62.7 Å². The molecular weight excluding hydrogens is 546 g/mol. The number of carbonyl (C=O) groups is 2. The van der Waals surface area contributed by atoms with Crippen molar-refractivity contribution in [3.8, 4) is 0 Å². The van der Waals surface area contributed by atoms with Gasteiger partial charge in [-0.2, -0.15) is 11.3 Å². The number of thioether (sulfide) groups is 1. The number of piperidine rings is 1. The molecule has 2 heterocycles. The van der Waals surface area contributed by atoms with Gasteiger partial charge < -0.3 is 14.8 Å². The van der Waals surface area contributed by atoms with Gasteiger partial charge in [-0.05, 0) is 59.1 Å². The average molecular weight is 567 g/mol. The van der Waals surface area contributed by atoms with Crippen LogP contribution in [0.1, 0.15) is 24.5 Å². The lowest BCUT2D eigenvalue weighted by molar-refractivity contribution is -0.128. The van der Waals surface area contributed by atoms with Gasteiger partial charge in [-0.25, -0.2) is 4.79 Å². The second-order valence-corrected chi connectivity index (χ2v) is 10.7. The highest BCUT2D eigenvalue weighted by Gasteiger charge is 2.50. The summed E-state index contributed by atoms with van der Waals surface area (Å²) in [6.45, 7) is 1.89. The van der Waals surface area contributed by atoms with Crippen molar-refractivity contribution in [3.05, 3.63) is 86.0 Å². The van der Waals surface area contributed by atoms with Crippen molar-refractivity contribution in [3.63, 3.8) is 0 Å². The normalized spacial score (nSPS) is 22.5. The van der Waals surface area contributed by atoms with Gasteiger partial charge in [-0.1, -0.05) is 51.8 Å². The number of carbonyl (C=O) groups excluding carboxylic acids is 2. The van der Waals surface area contributed by atoms with Crippen LogP contribution in [0.5, 0.6) is 0 Å². The van der Waals surface area contributed by atoms with E-state index < -0.39 is 23.0 Å². The lowest BCUT2D eigenvalue weighted by Crippen LogP contribution is -2.60. The molecule has 0 spiro atoms. The van der Waals surface area contributed by atoms with E-state index in [1.54, 1.807) is 24.3 Å². The zero-order valence-corrected chi connectivity index (χ0v) is 21.6. The van der Waals surface area contributed by atoms with Crippen LogP contribution < -0.4 is 5.32 Å². The molecule has 1 aromatic heterocycles. The summed E-state index contributed by atoms with van der Waals surface area (Å²) in [7, 11) is 0. The number of halogens is 2. The molecule has 4 rings (SSSR count). The van der Waals surface area contributed by atoms with Gasteiger partial charge in [0, 0.05) is 15.8 Å². The SMILES string of the molecule is CCOC(=O)OC1CC(c2ccc(Br)cc2)(c2ccsc2)NC(=O)C1Sc1ccccc1Cl.